The Labute approximate surface area is 218 Å². The van der Waals surface area contributed by atoms with Gasteiger partial charge in [-0.2, -0.15) is 0 Å². The SMILES string of the molecule is NC(=O)C(Cc1ccccc1)NC(=O)C(Cc1ccccc1)Nc1nc2ccc(Cl)cc2cc1C(=O)O. The second kappa shape index (κ2) is 11.5. The van der Waals surface area contributed by atoms with Gasteiger partial charge in [0.1, 0.15) is 23.5 Å². The summed E-state index contributed by atoms with van der Waals surface area (Å²) in [5.41, 5.74) is 7.66. The van der Waals surface area contributed by atoms with Gasteiger partial charge in [-0.1, -0.05) is 72.3 Å². The van der Waals surface area contributed by atoms with Crippen LogP contribution in [0.15, 0.2) is 84.9 Å². The van der Waals surface area contributed by atoms with Crippen molar-refractivity contribution in [2.75, 3.05) is 5.32 Å². The van der Waals surface area contributed by atoms with Crippen molar-refractivity contribution in [2.24, 2.45) is 5.73 Å². The Kier molecular flexibility index (Phi) is 8.00. The van der Waals surface area contributed by atoms with Crippen molar-refractivity contribution in [2.45, 2.75) is 24.9 Å². The topological polar surface area (TPSA) is 134 Å². The standard InChI is InChI=1S/C28H25ClN4O4/c29-20-11-12-22-19(15-20)16-21(28(36)37)26(31-22)32-24(14-18-9-5-2-6-10-18)27(35)33-23(25(30)34)13-17-7-3-1-4-8-17/h1-12,15-16,23-24H,13-14H2,(H2,30,34)(H,31,32)(H,33,35)(H,36,37). The van der Waals surface area contributed by atoms with Crippen molar-refractivity contribution < 1.29 is 19.5 Å². The molecule has 0 saturated heterocycles. The number of nitrogens with two attached hydrogens (primary N) is 1. The van der Waals surface area contributed by atoms with Crippen molar-refractivity contribution in [1.82, 2.24) is 10.3 Å². The highest BCUT2D eigenvalue weighted by Crippen LogP contribution is 2.24. The van der Waals surface area contributed by atoms with Gasteiger partial charge >= 0.3 is 5.97 Å². The summed E-state index contributed by atoms with van der Waals surface area (Å²) in [5, 5.41) is 16.6. The minimum atomic E-state index is -1.21. The molecule has 9 heteroatoms. The van der Waals surface area contributed by atoms with E-state index >= 15 is 0 Å². The molecule has 0 spiro atoms. The molecule has 1 aromatic heterocycles. The third kappa shape index (κ3) is 6.62. The minimum Gasteiger partial charge on any atom is -0.478 e. The maximum atomic E-state index is 13.5. The number of hydrogen-bond donors (Lipinski definition) is 4. The molecule has 0 aliphatic rings. The quantitative estimate of drug-likeness (QED) is 0.253. The zero-order valence-corrected chi connectivity index (χ0v) is 20.5. The van der Waals surface area contributed by atoms with Crippen LogP contribution in [0.5, 0.6) is 0 Å². The van der Waals surface area contributed by atoms with E-state index in [1.165, 1.54) is 6.07 Å². The highest BCUT2D eigenvalue weighted by atomic mass is 35.5. The molecule has 4 rings (SSSR count). The zero-order chi connectivity index (χ0) is 26.4. The first-order valence-electron chi connectivity index (χ1n) is 11.6. The van der Waals surface area contributed by atoms with E-state index in [-0.39, 0.29) is 24.2 Å². The second-order valence-corrected chi connectivity index (χ2v) is 9.00. The molecule has 0 aliphatic heterocycles. The lowest BCUT2D eigenvalue weighted by Gasteiger charge is -2.23. The van der Waals surface area contributed by atoms with Crippen LogP contribution >= 0.6 is 11.6 Å². The number of carboxylic acid groups (broad SMARTS) is 1. The number of amides is 2. The fourth-order valence-corrected chi connectivity index (χ4v) is 4.17. The van der Waals surface area contributed by atoms with E-state index < -0.39 is 29.9 Å². The van der Waals surface area contributed by atoms with Crippen molar-refractivity contribution >= 4 is 46.1 Å². The Hall–Kier alpha value is -4.43. The molecular weight excluding hydrogens is 492 g/mol. The second-order valence-electron chi connectivity index (χ2n) is 8.57. The van der Waals surface area contributed by atoms with Gasteiger partial charge in [0.15, 0.2) is 0 Å². The molecule has 37 heavy (non-hydrogen) atoms. The first-order valence-corrected chi connectivity index (χ1v) is 12.0. The number of fused-ring (bicyclic) bond motifs is 1. The van der Waals surface area contributed by atoms with Gasteiger partial charge in [-0.05, 0) is 35.4 Å². The molecule has 0 saturated carbocycles. The van der Waals surface area contributed by atoms with Gasteiger partial charge in [0, 0.05) is 23.3 Å². The van der Waals surface area contributed by atoms with Gasteiger partial charge in [-0.25, -0.2) is 9.78 Å². The maximum Gasteiger partial charge on any atom is 0.339 e. The maximum absolute atomic E-state index is 13.5. The van der Waals surface area contributed by atoms with E-state index in [1.807, 2.05) is 60.7 Å². The Morgan fingerprint density at radius 1 is 0.865 bits per heavy atom. The Bertz CT molecular complexity index is 1430. The predicted octanol–water partition coefficient (Wildman–Crippen LogP) is 3.82. The van der Waals surface area contributed by atoms with E-state index in [4.69, 9.17) is 17.3 Å². The monoisotopic (exact) mass is 516 g/mol. The summed E-state index contributed by atoms with van der Waals surface area (Å²) in [5.74, 6) is -2.38. The minimum absolute atomic E-state index is 0.0251. The molecule has 1 heterocycles. The van der Waals surface area contributed by atoms with Crippen LogP contribution in [0.2, 0.25) is 5.02 Å². The van der Waals surface area contributed by atoms with Crippen LogP contribution in [-0.4, -0.2) is 40.0 Å². The van der Waals surface area contributed by atoms with Crippen LogP contribution in [0.1, 0.15) is 21.5 Å². The number of aromatic carboxylic acids is 1. The summed E-state index contributed by atoms with van der Waals surface area (Å²) in [4.78, 5) is 42.2. The summed E-state index contributed by atoms with van der Waals surface area (Å²) in [6.45, 7) is 0. The highest BCUT2D eigenvalue weighted by molar-refractivity contribution is 6.31. The molecule has 2 unspecified atom stereocenters. The summed E-state index contributed by atoms with van der Waals surface area (Å²) >= 11 is 6.06. The largest absolute Gasteiger partial charge is 0.478 e. The molecule has 8 nitrogen and oxygen atoms in total. The third-order valence-electron chi connectivity index (χ3n) is 5.86. The van der Waals surface area contributed by atoms with Crippen LogP contribution in [0.25, 0.3) is 10.9 Å². The van der Waals surface area contributed by atoms with E-state index in [0.29, 0.717) is 15.9 Å². The number of nitrogens with zero attached hydrogens (tertiary/aromatic N) is 1. The fraction of sp³-hybridized carbons (Fsp3) is 0.143. The zero-order valence-electron chi connectivity index (χ0n) is 19.7. The van der Waals surface area contributed by atoms with Gasteiger partial charge in [0.25, 0.3) is 0 Å². The van der Waals surface area contributed by atoms with Crippen molar-refractivity contribution in [3.63, 3.8) is 0 Å². The van der Waals surface area contributed by atoms with E-state index in [9.17, 15) is 19.5 Å². The number of carboxylic acids is 1. The Morgan fingerprint density at radius 2 is 1.46 bits per heavy atom. The average molecular weight is 517 g/mol. The van der Waals surface area contributed by atoms with Crippen LogP contribution in [0, 0.1) is 0 Å². The lowest BCUT2D eigenvalue weighted by atomic mass is 10.0. The first kappa shape index (κ1) is 25.7. The molecule has 0 aliphatic carbocycles. The number of primary amides is 1. The number of hydrogen-bond acceptors (Lipinski definition) is 5. The summed E-state index contributed by atoms with van der Waals surface area (Å²) in [7, 11) is 0. The molecule has 5 N–H and O–H groups in total. The van der Waals surface area contributed by atoms with Crippen LogP contribution in [0.4, 0.5) is 5.82 Å². The fourth-order valence-electron chi connectivity index (χ4n) is 3.99. The molecule has 2 amide bonds. The van der Waals surface area contributed by atoms with Crippen LogP contribution in [-0.2, 0) is 22.4 Å². The smallest absolute Gasteiger partial charge is 0.339 e. The van der Waals surface area contributed by atoms with Crippen molar-refractivity contribution in [1.29, 1.82) is 0 Å². The Morgan fingerprint density at radius 3 is 2.03 bits per heavy atom. The number of carbonyl (C=O) groups excluding carboxylic acids is 2. The van der Waals surface area contributed by atoms with Gasteiger partial charge in [-0.15, -0.1) is 0 Å². The summed E-state index contributed by atoms with van der Waals surface area (Å²) in [6, 6.07) is 22.9. The van der Waals surface area contributed by atoms with Gasteiger partial charge < -0.3 is 21.5 Å². The Balaban J connectivity index is 1.66. The number of nitrogens with one attached hydrogen (secondary N) is 2. The number of rotatable bonds is 10. The predicted molar refractivity (Wildman–Crippen MR) is 143 cm³/mol. The molecule has 3 aromatic carbocycles. The lowest BCUT2D eigenvalue weighted by molar-refractivity contribution is -0.127. The van der Waals surface area contributed by atoms with Crippen LogP contribution in [0.3, 0.4) is 0 Å². The van der Waals surface area contributed by atoms with E-state index in [0.717, 1.165) is 11.1 Å². The molecule has 0 radical (unpaired) electrons. The van der Waals surface area contributed by atoms with Gasteiger partial charge in [0.05, 0.1) is 5.52 Å². The number of benzene rings is 3. The molecule has 4 aromatic rings. The number of carbonyl (C=O) groups is 3. The lowest BCUT2D eigenvalue weighted by Crippen LogP contribution is -2.51. The normalized spacial score (nSPS) is 12.5. The first-order chi connectivity index (χ1) is 17.8. The number of aromatic nitrogens is 1. The molecular formula is C28H25ClN4O4. The van der Waals surface area contributed by atoms with Gasteiger partial charge in [0.2, 0.25) is 11.8 Å². The van der Waals surface area contributed by atoms with E-state index in [2.05, 4.69) is 15.6 Å². The summed E-state index contributed by atoms with van der Waals surface area (Å²) < 4.78 is 0. The van der Waals surface area contributed by atoms with E-state index in [1.54, 1.807) is 18.2 Å². The third-order valence-corrected chi connectivity index (χ3v) is 6.09. The van der Waals surface area contributed by atoms with Crippen molar-refractivity contribution in [3.8, 4) is 0 Å². The highest BCUT2D eigenvalue weighted by Gasteiger charge is 2.27. The average Bonchev–Trinajstić information content (AvgIpc) is 2.88. The molecule has 0 fully saturated rings. The number of anilines is 1. The van der Waals surface area contributed by atoms with Gasteiger partial charge in [-0.3, -0.25) is 9.59 Å². The number of halogens is 1. The van der Waals surface area contributed by atoms with Crippen LogP contribution < -0.4 is 16.4 Å². The molecule has 2 atom stereocenters. The van der Waals surface area contributed by atoms with Crippen molar-refractivity contribution in [3.05, 3.63) is 107 Å². The summed E-state index contributed by atoms with van der Waals surface area (Å²) in [6.07, 6.45) is 0.429. The number of pyridine rings is 1. The molecule has 0 bridgehead atoms. The molecule has 188 valence electrons.